The van der Waals surface area contributed by atoms with Crippen molar-refractivity contribution in [1.29, 1.82) is 0 Å². The van der Waals surface area contributed by atoms with Gasteiger partial charge < -0.3 is 9.26 Å². The predicted molar refractivity (Wildman–Crippen MR) is 119 cm³/mol. The second-order valence-corrected chi connectivity index (χ2v) is 9.31. The molecule has 6 heteroatoms. The molecule has 0 N–H and O–H groups in total. The Kier molecular flexibility index (Phi) is 6.35. The van der Waals surface area contributed by atoms with Crippen LogP contribution in [0.2, 0.25) is 0 Å². The van der Waals surface area contributed by atoms with E-state index in [0.717, 1.165) is 48.6 Å². The van der Waals surface area contributed by atoms with Crippen LogP contribution in [0.25, 0.3) is 22.6 Å². The number of nitrogens with zero attached hydrogens (tertiary/aromatic N) is 2. The van der Waals surface area contributed by atoms with Gasteiger partial charge in [0.15, 0.2) is 5.76 Å². The lowest BCUT2D eigenvalue weighted by Crippen LogP contribution is -2.50. The maximum atomic E-state index is 11.7. The molecule has 1 aromatic carbocycles. The Hall–Kier alpha value is -2.44. The minimum atomic E-state index is -0.0768. The monoisotopic (exact) mass is 424 g/mol. The fourth-order valence-electron chi connectivity index (χ4n) is 3.75. The molecule has 1 aliphatic heterocycles. The van der Waals surface area contributed by atoms with Gasteiger partial charge in [0.25, 0.3) is 0 Å². The van der Waals surface area contributed by atoms with Crippen molar-refractivity contribution in [3.63, 3.8) is 0 Å². The highest BCUT2D eigenvalue weighted by atomic mass is 32.1. The standard InChI is InChI=1S/C24H28N2O3S/c1-4-28-24(27)20-12-26(13-20)14-21-10-19(15-30-21)23-11-22(25-29-23)18-7-5-17(6-8-18)9-16(2)3/h5-8,10-11,15-16,20H,4,9,12-14H2,1-3H3. The van der Waals surface area contributed by atoms with Crippen LogP contribution in [0.15, 0.2) is 46.3 Å². The number of carbonyl (C=O) groups excluding carboxylic acids is 1. The van der Waals surface area contributed by atoms with Crippen molar-refractivity contribution in [3.05, 3.63) is 52.2 Å². The molecular formula is C24H28N2O3S. The number of benzene rings is 1. The molecule has 0 spiro atoms. The highest BCUT2D eigenvalue weighted by molar-refractivity contribution is 7.10. The molecule has 4 rings (SSSR count). The number of hydrogen-bond acceptors (Lipinski definition) is 6. The van der Waals surface area contributed by atoms with Gasteiger partial charge in [-0.1, -0.05) is 43.3 Å². The van der Waals surface area contributed by atoms with Crippen LogP contribution in [0.5, 0.6) is 0 Å². The lowest BCUT2D eigenvalue weighted by molar-refractivity contribution is -0.154. The van der Waals surface area contributed by atoms with E-state index in [0.29, 0.717) is 12.5 Å². The van der Waals surface area contributed by atoms with E-state index in [1.54, 1.807) is 11.3 Å². The Morgan fingerprint density at radius 3 is 2.70 bits per heavy atom. The van der Waals surface area contributed by atoms with Crippen LogP contribution in [-0.4, -0.2) is 35.7 Å². The molecule has 0 unspecified atom stereocenters. The maximum absolute atomic E-state index is 11.7. The summed E-state index contributed by atoms with van der Waals surface area (Å²) in [5.74, 6) is 1.38. The summed E-state index contributed by atoms with van der Waals surface area (Å²) < 4.78 is 10.7. The largest absolute Gasteiger partial charge is 0.466 e. The molecule has 1 saturated heterocycles. The van der Waals surface area contributed by atoms with Crippen molar-refractivity contribution in [1.82, 2.24) is 10.1 Å². The number of likely N-dealkylation sites (tertiary alicyclic amines) is 1. The SMILES string of the molecule is CCOC(=O)C1CN(Cc2cc(-c3cc(-c4ccc(CC(C)C)cc4)no3)cs2)C1. The predicted octanol–water partition coefficient (Wildman–Crippen LogP) is 5.26. The van der Waals surface area contributed by atoms with E-state index in [4.69, 9.17) is 9.26 Å². The van der Waals surface area contributed by atoms with Crippen molar-refractivity contribution in [2.24, 2.45) is 11.8 Å². The number of rotatable bonds is 8. The summed E-state index contributed by atoms with van der Waals surface area (Å²) in [7, 11) is 0. The molecule has 3 heterocycles. The van der Waals surface area contributed by atoms with E-state index in [1.807, 2.05) is 13.0 Å². The van der Waals surface area contributed by atoms with Gasteiger partial charge in [-0.25, -0.2) is 0 Å². The normalized spacial score (nSPS) is 14.8. The second-order valence-electron chi connectivity index (χ2n) is 8.32. The molecule has 158 valence electrons. The number of hydrogen-bond donors (Lipinski definition) is 0. The molecule has 0 bridgehead atoms. The van der Waals surface area contributed by atoms with Crippen molar-refractivity contribution in [3.8, 4) is 22.6 Å². The molecule has 5 nitrogen and oxygen atoms in total. The van der Waals surface area contributed by atoms with E-state index in [1.165, 1.54) is 10.4 Å². The molecule has 1 aliphatic rings. The van der Waals surface area contributed by atoms with Crippen LogP contribution >= 0.6 is 11.3 Å². The van der Waals surface area contributed by atoms with E-state index < -0.39 is 0 Å². The fraction of sp³-hybridized carbons (Fsp3) is 0.417. The summed E-state index contributed by atoms with van der Waals surface area (Å²) in [6, 6.07) is 12.7. The van der Waals surface area contributed by atoms with Gasteiger partial charge in [0.2, 0.25) is 0 Å². The van der Waals surface area contributed by atoms with Crippen molar-refractivity contribution < 1.29 is 14.1 Å². The summed E-state index contributed by atoms with van der Waals surface area (Å²) in [5, 5.41) is 6.37. The summed E-state index contributed by atoms with van der Waals surface area (Å²) in [6.45, 7) is 9.14. The third-order valence-corrected chi connectivity index (χ3v) is 6.22. The molecule has 0 amide bonds. The van der Waals surface area contributed by atoms with Crippen LogP contribution in [0.3, 0.4) is 0 Å². The molecule has 0 aliphatic carbocycles. The number of thiophene rings is 1. The Morgan fingerprint density at radius 2 is 2.00 bits per heavy atom. The Labute approximate surface area is 181 Å². The molecule has 1 fully saturated rings. The molecule has 0 atom stereocenters. The fourth-order valence-corrected chi connectivity index (χ4v) is 4.67. The highest BCUT2D eigenvalue weighted by Gasteiger charge is 2.33. The lowest BCUT2D eigenvalue weighted by Gasteiger charge is -2.37. The van der Waals surface area contributed by atoms with Gasteiger partial charge >= 0.3 is 5.97 Å². The Morgan fingerprint density at radius 1 is 1.23 bits per heavy atom. The summed E-state index contributed by atoms with van der Waals surface area (Å²) in [5.41, 5.74) is 4.32. The molecule has 2 aromatic heterocycles. The summed E-state index contributed by atoms with van der Waals surface area (Å²) >= 11 is 1.71. The van der Waals surface area contributed by atoms with Crippen LogP contribution in [0, 0.1) is 11.8 Å². The highest BCUT2D eigenvalue weighted by Crippen LogP contribution is 2.31. The number of carbonyl (C=O) groups is 1. The first kappa shape index (κ1) is 20.8. The number of ether oxygens (including phenoxy) is 1. The van der Waals surface area contributed by atoms with Crippen molar-refractivity contribution >= 4 is 17.3 Å². The van der Waals surface area contributed by atoms with E-state index in [-0.39, 0.29) is 11.9 Å². The second kappa shape index (κ2) is 9.14. The van der Waals surface area contributed by atoms with Gasteiger partial charge in [-0.2, -0.15) is 0 Å². The third-order valence-electron chi connectivity index (χ3n) is 5.30. The van der Waals surface area contributed by atoms with Crippen LogP contribution in [-0.2, 0) is 22.5 Å². The zero-order chi connectivity index (χ0) is 21.1. The van der Waals surface area contributed by atoms with Gasteiger partial charge in [-0.15, -0.1) is 11.3 Å². The maximum Gasteiger partial charge on any atom is 0.311 e. The zero-order valence-electron chi connectivity index (χ0n) is 17.8. The van der Waals surface area contributed by atoms with Crippen LogP contribution in [0.4, 0.5) is 0 Å². The van der Waals surface area contributed by atoms with Gasteiger partial charge in [0.1, 0.15) is 5.69 Å². The van der Waals surface area contributed by atoms with E-state index in [9.17, 15) is 4.79 Å². The van der Waals surface area contributed by atoms with Gasteiger partial charge in [-0.05, 0) is 30.9 Å². The average Bonchev–Trinajstić information content (AvgIpc) is 3.34. The number of esters is 1. The van der Waals surface area contributed by atoms with Gasteiger partial charge in [0, 0.05) is 47.1 Å². The van der Waals surface area contributed by atoms with Crippen molar-refractivity contribution in [2.45, 2.75) is 33.7 Å². The Balaban J connectivity index is 1.36. The van der Waals surface area contributed by atoms with Crippen molar-refractivity contribution in [2.75, 3.05) is 19.7 Å². The topological polar surface area (TPSA) is 55.6 Å². The van der Waals surface area contributed by atoms with Gasteiger partial charge in [-0.3, -0.25) is 9.69 Å². The smallest absolute Gasteiger partial charge is 0.311 e. The molecule has 0 saturated carbocycles. The minimum Gasteiger partial charge on any atom is -0.466 e. The minimum absolute atomic E-state index is 0.0214. The third kappa shape index (κ3) is 4.82. The van der Waals surface area contributed by atoms with Crippen LogP contribution in [0.1, 0.15) is 31.2 Å². The quantitative estimate of drug-likeness (QED) is 0.462. The molecule has 30 heavy (non-hydrogen) atoms. The lowest BCUT2D eigenvalue weighted by atomic mass is 10.0. The molecule has 0 radical (unpaired) electrons. The first-order chi connectivity index (χ1) is 14.5. The Bertz CT molecular complexity index is 984. The molecule has 3 aromatic rings. The average molecular weight is 425 g/mol. The molecular weight excluding hydrogens is 396 g/mol. The van der Waals surface area contributed by atoms with Gasteiger partial charge in [0.05, 0.1) is 12.5 Å². The zero-order valence-corrected chi connectivity index (χ0v) is 18.6. The first-order valence-corrected chi connectivity index (χ1v) is 11.4. The van der Waals surface area contributed by atoms with E-state index >= 15 is 0 Å². The van der Waals surface area contributed by atoms with Crippen LogP contribution < -0.4 is 0 Å². The number of aromatic nitrogens is 1. The summed E-state index contributed by atoms with van der Waals surface area (Å²) in [4.78, 5) is 15.3. The van der Waals surface area contributed by atoms with E-state index in [2.05, 4.69) is 59.6 Å². The first-order valence-electron chi connectivity index (χ1n) is 10.5. The summed E-state index contributed by atoms with van der Waals surface area (Å²) in [6.07, 6.45) is 1.08.